The summed E-state index contributed by atoms with van der Waals surface area (Å²) in [5.41, 5.74) is 2.14. The quantitative estimate of drug-likeness (QED) is 0.416. The number of aliphatic imine (C=N–C) groups is 1. The van der Waals surface area contributed by atoms with Crippen LogP contribution in [0, 0.1) is 0 Å². The Morgan fingerprint density at radius 1 is 0.879 bits per heavy atom. The molecule has 1 heterocycles. The number of anilines is 1. The molecule has 1 aliphatic rings. The van der Waals surface area contributed by atoms with Crippen LogP contribution in [0.25, 0.3) is 0 Å². The molecule has 4 rings (SSSR count). The number of hydrogen-bond acceptors (Lipinski definition) is 5. The Morgan fingerprint density at radius 2 is 1.39 bits per heavy atom. The fourth-order valence-corrected chi connectivity index (χ4v) is 4.39. The normalized spacial score (nSPS) is 15.9. The van der Waals surface area contributed by atoms with Crippen molar-refractivity contribution in [3.63, 3.8) is 0 Å². The van der Waals surface area contributed by atoms with Crippen LogP contribution >= 0.6 is 11.8 Å². The van der Waals surface area contributed by atoms with Crippen molar-refractivity contribution in [2.45, 2.75) is 5.92 Å². The molecule has 6 nitrogen and oxygen atoms in total. The second kappa shape index (κ2) is 10.1. The number of esters is 1. The molecule has 7 heteroatoms. The molecule has 0 unspecified atom stereocenters. The number of nitrogens with zero attached hydrogens (tertiary/aromatic N) is 2. The molecule has 3 aromatic carbocycles. The van der Waals surface area contributed by atoms with E-state index >= 15 is 0 Å². The fraction of sp³-hybridized carbons (Fsp3) is 0.0769. The third kappa shape index (κ3) is 4.94. The number of carbonyl (C=O) groups excluding carboxylic acids is 3. The van der Waals surface area contributed by atoms with Gasteiger partial charge < -0.3 is 4.74 Å². The monoisotopic (exact) mass is 456 g/mol. The van der Waals surface area contributed by atoms with Gasteiger partial charge in [-0.2, -0.15) is 4.99 Å². The first-order valence-corrected chi connectivity index (χ1v) is 11.0. The van der Waals surface area contributed by atoms with E-state index in [2.05, 4.69) is 9.73 Å². The van der Waals surface area contributed by atoms with Gasteiger partial charge in [0.15, 0.2) is 5.17 Å². The molecule has 0 atom stereocenters. The Morgan fingerprint density at radius 3 is 1.91 bits per heavy atom. The van der Waals surface area contributed by atoms with E-state index in [0.29, 0.717) is 5.69 Å². The summed E-state index contributed by atoms with van der Waals surface area (Å²) in [6, 6.07) is 27.6. The summed E-state index contributed by atoms with van der Waals surface area (Å²) < 4.78 is 4.67. The lowest BCUT2D eigenvalue weighted by Gasteiger charge is -2.18. The largest absolute Gasteiger partial charge is 0.466 e. The molecule has 1 aliphatic heterocycles. The predicted molar refractivity (Wildman–Crippen MR) is 129 cm³/mol. The molecule has 0 radical (unpaired) electrons. The summed E-state index contributed by atoms with van der Waals surface area (Å²) >= 11 is 0.967. The van der Waals surface area contributed by atoms with Crippen LogP contribution in [0.3, 0.4) is 0 Å². The number of hydrogen-bond donors (Lipinski definition) is 0. The van der Waals surface area contributed by atoms with Crippen LogP contribution < -0.4 is 4.90 Å². The molecular weight excluding hydrogens is 436 g/mol. The van der Waals surface area contributed by atoms with Crippen molar-refractivity contribution >= 4 is 40.4 Å². The first-order valence-electron chi connectivity index (χ1n) is 10.2. The van der Waals surface area contributed by atoms with Crippen molar-refractivity contribution in [2.75, 3.05) is 12.0 Å². The van der Waals surface area contributed by atoms with Crippen molar-refractivity contribution in [3.8, 4) is 0 Å². The van der Waals surface area contributed by atoms with Crippen LogP contribution in [-0.4, -0.2) is 30.1 Å². The molecule has 164 valence electrons. The van der Waals surface area contributed by atoms with Crippen LogP contribution in [0.2, 0.25) is 0 Å². The Kier molecular flexibility index (Phi) is 6.80. The zero-order chi connectivity index (χ0) is 23.2. The maximum Gasteiger partial charge on any atom is 0.331 e. The van der Waals surface area contributed by atoms with E-state index in [4.69, 9.17) is 0 Å². The van der Waals surface area contributed by atoms with Gasteiger partial charge in [0.05, 0.1) is 23.6 Å². The van der Waals surface area contributed by atoms with Gasteiger partial charge in [-0.1, -0.05) is 78.9 Å². The van der Waals surface area contributed by atoms with E-state index in [0.717, 1.165) is 29.0 Å². The SMILES string of the molecule is COC(=O)C=C1SC(=NC(=O)C(c2ccccc2)c2ccccc2)N(c2ccccc2)C1=O. The molecule has 0 aromatic heterocycles. The maximum absolute atomic E-state index is 13.5. The third-order valence-corrected chi connectivity index (χ3v) is 5.96. The number of ether oxygens (including phenoxy) is 1. The predicted octanol–water partition coefficient (Wildman–Crippen LogP) is 4.54. The Bertz CT molecular complexity index is 1190. The zero-order valence-corrected chi connectivity index (χ0v) is 18.6. The molecule has 1 saturated heterocycles. The Labute approximate surface area is 195 Å². The van der Waals surface area contributed by atoms with Crippen LogP contribution in [0.1, 0.15) is 17.0 Å². The summed E-state index contributed by atoms with van der Waals surface area (Å²) in [4.78, 5) is 44.2. The number of amides is 2. The summed E-state index contributed by atoms with van der Waals surface area (Å²) in [5.74, 6) is -2.15. The van der Waals surface area contributed by atoms with Gasteiger partial charge in [-0.05, 0) is 35.0 Å². The number of benzene rings is 3. The van der Waals surface area contributed by atoms with Gasteiger partial charge in [0.2, 0.25) is 0 Å². The highest BCUT2D eigenvalue weighted by molar-refractivity contribution is 8.19. The number of rotatable bonds is 5. The van der Waals surface area contributed by atoms with Crippen molar-refractivity contribution in [1.82, 2.24) is 0 Å². The zero-order valence-electron chi connectivity index (χ0n) is 17.8. The van der Waals surface area contributed by atoms with Gasteiger partial charge in [-0.25, -0.2) is 4.79 Å². The van der Waals surface area contributed by atoms with Crippen LogP contribution in [-0.2, 0) is 19.1 Å². The lowest BCUT2D eigenvalue weighted by molar-refractivity contribution is -0.135. The minimum absolute atomic E-state index is 0.133. The highest BCUT2D eigenvalue weighted by atomic mass is 32.2. The van der Waals surface area contributed by atoms with Crippen LogP contribution in [0.4, 0.5) is 5.69 Å². The van der Waals surface area contributed by atoms with E-state index in [1.807, 2.05) is 66.7 Å². The van der Waals surface area contributed by atoms with Gasteiger partial charge in [0.25, 0.3) is 11.8 Å². The maximum atomic E-state index is 13.5. The van der Waals surface area contributed by atoms with Gasteiger partial charge in [0.1, 0.15) is 0 Å². The molecule has 0 N–H and O–H groups in total. The minimum atomic E-state index is -0.655. The summed E-state index contributed by atoms with van der Waals surface area (Å²) in [6.45, 7) is 0. The Hall–Kier alpha value is -3.97. The summed E-state index contributed by atoms with van der Waals surface area (Å²) in [7, 11) is 1.24. The molecular formula is C26H20N2O4S. The second-order valence-corrected chi connectivity index (χ2v) is 8.11. The third-order valence-electron chi connectivity index (χ3n) is 4.99. The Balaban J connectivity index is 1.78. The molecule has 3 aromatic rings. The smallest absolute Gasteiger partial charge is 0.331 e. The van der Waals surface area contributed by atoms with Crippen molar-refractivity contribution in [2.24, 2.45) is 4.99 Å². The van der Waals surface area contributed by atoms with Gasteiger partial charge in [0, 0.05) is 6.08 Å². The molecule has 0 spiro atoms. The van der Waals surface area contributed by atoms with E-state index in [-0.39, 0.29) is 10.1 Å². The average molecular weight is 457 g/mol. The summed E-state index contributed by atoms with van der Waals surface area (Å²) in [6.07, 6.45) is 1.11. The van der Waals surface area contributed by atoms with E-state index < -0.39 is 23.7 Å². The van der Waals surface area contributed by atoms with Crippen molar-refractivity contribution in [3.05, 3.63) is 113 Å². The van der Waals surface area contributed by atoms with E-state index in [1.165, 1.54) is 12.0 Å². The van der Waals surface area contributed by atoms with Gasteiger partial charge in [-0.15, -0.1) is 0 Å². The highest BCUT2D eigenvalue weighted by Gasteiger charge is 2.36. The molecule has 0 bridgehead atoms. The average Bonchev–Trinajstić information content (AvgIpc) is 3.15. The number of amidine groups is 1. The van der Waals surface area contributed by atoms with Gasteiger partial charge >= 0.3 is 5.97 Å². The number of carbonyl (C=O) groups is 3. The van der Waals surface area contributed by atoms with Gasteiger partial charge in [-0.3, -0.25) is 14.5 Å². The highest BCUT2D eigenvalue weighted by Crippen LogP contribution is 2.36. The first kappa shape index (κ1) is 22.2. The number of thioether (sulfide) groups is 1. The molecule has 0 aliphatic carbocycles. The lowest BCUT2D eigenvalue weighted by atomic mass is 9.91. The van der Waals surface area contributed by atoms with E-state index in [1.54, 1.807) is 24.3 Å². The fourth-order valence-electron chi connectivity index (χ4n) is 3.45. The van der Waals surface area contributed by atoms with Crippen molar-refractivity contribution in [1.29, 1.82) is 0 Å². The topological polar surface area (TPSA) is 76.0 Å². The molecule has 33 heavy (non-hydrogen) atoms. The van der Waals surface area contributed by atoms with E-state index in [9.17, 15) is 14.4 Å². The number of methoxy groups -OCH3 is 1. The van der Waals surface area contributed by atoms with Crippen LogP contribution in [0.15, 0.2) is 107 Å². The molecule has 0 saturated carbocycles. The summed E-state index contributed by atoms with van der Waals surface area (Å²) in [5, 5.41) is 0.184. The molecule has 2 amide bonds. The minimum Gasteiger partial charge on any atom is -0.466 e. The van der Waals surface area contributed by atoms with Crippen molar-refractivity contribution < 1.29 is 19.1 Å². The second-order valence-electron chi connectivity index (χ2n) is 7.10. The lowest BCUT2D eigenvalue weighted by Crippen LogP contribution is -2.30. The standard InChI is InChI=1S/C26H20N2O4S/c1-32-22(29)17-21-25(31)28(20-15-9-4-10-16-20)26(33-21)27-24(30)23(18-11-5-2-6-12-18)19-13-7-3-8-14-19/h2-17,23H,1H3. The van der Waals surface area contributed by atoms with Crippen LogP contribution in [0.5, 0.6) is 0 Å². The number of para-hydroxylation sites is 1. The first-order chi connectivity index (χ1) is 16.1. The molecule has 1 fully saturated rings.